The maximum absolute atomic E-state index is 13.8. The number of benzene rings is 3. The van der Waals surface area contributed by atoms with Gasteiger partial charge in [-0.2, -0.15) is 0 Å². The minimum atomic E-state index is -4.29. The van der Waals surface area contributed by atoms with E-state index in [1.807, 2.05) is 60.7 Å². The molecule has 3 aromatic rings. The molecule has 4 atom stereocenters. The molecule has 2 N–H and O–H groups in total. The summed E-state index contributed by atoms with van der Waals surface area (Å²) in [5.41, 5.74) is 0.426. The molecule has 3 aromatic carbocycles. The van der Waals surface area contributed by atoms with E-state index < -0.39 is 39.2 Å². The number of amides is 3. The Kier molecular flexibility index (Phi) is 8.68. The summed E-state index contributed by atoms with van der Waals surface area (Å²) in [7, 11) is -4.29. The van der Waals surface area contributed by atoms with Crippen LogP contribution in [0.1, 0.15) is 36.8 Å². The second-order valence-electron chi connectivity index (χ2n) is 11.1. The predicted molar refractivity (Wildman–Crippen MR) is 161 cm³/mol. The summed E-state index contributed by atoms with van der Waals surface area (Å²) >= 11 is 0. The zero-order valence-electron chi connectivity index (χ0n) is 23.9. The third-order valence-corrected chi connectivity index (χ3v) is 9.59. The Morgan fingerprint density at radius 3 is 2.37 bits per heavy atom. The van der Waals surface area contributed by atoms with Crippen LogP contribution in [0.2, 0.25) is 0 Å². The fourth-order valence-electron chi connectivity index (χ4n) is 5.69. The second kappa shape index (κ2) is 12.4. The van der Waals surface area contributed by atoms with Crippen LogP contribution in [0.5, 0.6) is 5.75 Å². The van der Waals surface area contributed by atoms with Crippen LogP contribution in [-0.4, -0.2) is 49.7 Å². The van der Waals surface area contributed by atoms with Crippen LogP contribution in [0.15, 0.2) is 102 Å². The normalized spacial score (nSPS) is 23.1. The molecule has 10 heteroatoms. The van der Waals surface area contributed by atoms with E-state index in [0.717, 1.165) is 11.1 Å². The molecule has 0 aromatic heterocycles. The third kappa shape index (κ3) is 6.64. The molecular weight excluding hydrogens is 566 g/mol. The van der Waals surface area contributed by atoms with Gasteiger partial charge in [0.25, 0.3) is 15.9 Å². The van der Waals surface area contributed by atoms with Crippen molar-refractivity contribution in [2.45, 2.75) is 42.7 Å². The minimum absolute atomic E-state index is 0.131. The number of hydrogen-bond acceptors (Lipinski definition) is 6. The van der Waals surface area contributed by atoms with Gasteiger partial charge in [0.05, 0.1) is 10.8 Å². The molecule has 1 aliphatic carbocycles. The first-order valence-corrected chi connectivity index (χ1v) is 15.7. The first-order valence-electron chi connectivity index (χ1n) is 14.2. The number of carbonyl (C=O) groups excluding carboxylic acids is 3. The van der Waals surface area contributed by atoms with Crippen molar-refractivity contribution in [3.63, 3.8) is 0 Å². The summed E-state index contributed by atoms with van der Waals surface area (Å²) in [6.07, 6.45) is 2.34. The molecule has 2 fully saturated rings. The van der Waals surface area contributed by atoms with Gasteiger partial charge >= 0.3 is 0 Å². The summed E-state index contributed by atoms with van der Waals surface area (Å²) in [6.45, 7) is 6.21. The largest absolute Gasteiger partial charge is 0.489 e. The van der Waals surface area contributed by atoms with Gasteiger partial charge in [0.15, 0.2) is 0 Å². The predicted octanol–water partition coefficient (Wildman–Crippen LogP) is 3.78. The molecule has 1 heterocycles. The van der Waals surface area contributed by atoms with E-state index in [9.17, 15) is 22.8 Å². The van der Waals surface area contributed by atoms with Gasteiger partial charge in [-0.15, -0.1) is 6.58 Å². The van der Waals surface area contributed by atoms with Crippen molar-refractivity contribution in [3.8, 4) is 5.75 Å². The molecule has 2 aliphatic rings. The Labute approximate surface area is 252 Å². The molecule has 0 unspecified atom stereocenters. The highest BCUT2D eigenvalue weighted by atomic mass is 32.2. The number of nitrogens with zero attached hydrogens (tertiary/aromatic N) is 1. The molecule has 1 saturated heterocycles. The van der Waals surface area contributed by atoms with Gasteiger partial charge in [-0.25, -0.2) is 13.1 Å². The van der Waals surface area contributed by atoms with E-state index in [4.69, 9.17) is 4.74 Å². The molecule has 43 heavy (non-hydrogen) atoms. The van der Waals surface area contributed by atoms with Gasteiger partial charge in [-0.05, 0) is 42.0 Å². The van der Waals surface area contributed by atoms with E-state index in [0.29, 0.717) is 18.7 Å². The number of ether oxygens (including phenoxy) is 1. The van der Waals surface area contributed by atoms with E-state index >= 15 is 0 Å². The quantitative estimate of drug-likeness (QED) is 0.341. The number of carbonyl (C=O) groups is 3. The SMILES string of the molecule is C=C[C@@H]1C[C@]1(NC(=O)[C@@H]1CN(C(C)=O)CC[C@H]1c1ccccc1)C(=O)NS(=O)(=O)c1cccc(OCc2ccccc2)c1. The fourth-order valence-corrected chi connectivity index (χ4v) is 6.77. The lowest BCUT2D eigenvalue weighted by Crippen LogP contribution is -2.56. The average molecular weight is 602 g/mol. The van der Waals surface area contributed by atoms with Gasteiger partial charge in [-0.1, -0.05) is 72.8 Å². The standard InChI is InChI=1S/C33H35N3O6S/c1-3-26-20-33(26,34-31(38)30-21-36(23(2)37)18-17-29(30)25-13-8-5-9-14-25)32(39)35-43(40,41)28-16-10-15-27(19-28)42-22-24-11-6-4-7-12-24/h3-16,19,26,29-30H,1,17-18,20-22H2,2H3,(H,34,38)(H,35,39)/t26-,29+,30-,33-/m1/s1. The summed E-state index contributed by atoms with van der Waals surface area (Å²) in [4.78, 5) is 41.1. The maximum Gasteiger partial charge on any atom is 0.264 e. The van der Waals surface area contributed by atoms with Crippen molar-refractivity contribution in [1.82, 2.24) is 14.9 Å². The maximum atomic E-state index is 13.8. The number of sulfonamides is 1. The highest BCUT2D eigenvalue weighted by Crippen LogP contribution is 2.46. The van der Waals surface area contributed by atoms with Crippen LogP contribution in [0.25, 0.3) is 0 Å². The monoisotopic (exact) mass is 601 g/mol. The fraction of sp³-hybridized carbons (Fsp3) is 0.303. The van der Waals surface area contributed by atoms with Crippen molar-refractivity contribution < 1.29 is 27.5 Å². The second-order valence-corrected chi connectivity index (χ2v) is 12.8. The zero-order chi connectivity index (χ0) is 30.6. The number of hydrogen-bond donors (Lipinski definition) is 2. The molecule has 1 aliphatic heterocycles. The van der Waals surface area contributed by atoms with E-state index in [2.05, 4.69) is 16.6 Å². The summed E-state index contributed by atoms with van der Waals surface area (Å²) in [5.74, 6) is -2.28. The Hall–Kier alpha value is -4.44. The lowest BCUT2D eigenvalue weighted by atomic mass is 9.79. The highest BCUT2D eigenvalue weighted by Gasteiger charge is 2.61. The number of likely N-dealkylation sites (tertiary alicyclic amines) is 1. The van der Waals surface area contributed by atoms with E-state index in [1.165, 1.54) is 25.1 Å². The topological polar surface area (TPSA) is 122 Å². The summed E-state index contributed by atoms with van der Waals surface area (Å²) in [6, 6.07) is 24.9. The van der Waals surface area contributed by atoms with E-state index in [-0.39, 0.29) is 36.3 Å². The van der Waals surface area contributed by atoms with Crippen molar-refractivity contribution in [3.05, 3.63) is 109 Å². The van der Waals surface area contributed by atoms with E-state index in [1.54, 1.807) is 17.0 Å². The number of piperidine rings is 1. The first-order chi connectivity index (χ1) is 20.6. The molecule has 1 saturated carbocycles. The van der Waals surface area contributed by atoms with Crippen LogP contribution in [-0.2, 0) is 31.0 Å². The Morgan fingerprint density at radius 2 is 1.72 bits per heavy atom. The lowest BCUT2D eigenvalue weighted by molar-refractivity contribution is -0.137. The molecule has 0 bridgehead atoms. The molecule has 0 radical (unpaired) electrons. The van der Waals surface area contributed by atoms with Gasteiger partial charge in [0, 0.05) is 32.0 Å². The van der Waals surface area contributed by atoms with Gasteiger partial charge in [0.1, 0.15) is 17.9 Å². The molecular formula is C33H35N3O6S. The third-order valence-electron chi connectivity index (χ3n) is 8.26. The van der Waals surface area contributed by atoms with Crippen LogP contribution in [0, 0.1) is 11.8 Å². The van der Waals surface area contributed by atoms with Crippen molar-refractivity contribution >= 4 is 27.7 Å². The Balaban J connectivity index is 1.32. The Morgan fingerprint density at radius 1 is 1.02 bits per heavy atom. The highest BCUT2D eigenvalue weighted by molar-refractivity contribution is 7.90. The van der Waals surface area contributed by atoms with Crippen LogP contribution in [0.4, 0.5) is 0 Å². The Bertz CT molecular complexity index is 1610. The van der Waals surface area contributed by atoms with Crippen LogP contribution < -0.4 is 14.8 Å². The molecule has 9 nitrogen and oxygen atoms in total. The average Bonchev–Trinajstić information content (AvgIpc) is 3.74. The van der Waals surface area contributed by atoms with Gasteiger partial charge < -0.3 is 15.0 Å². The van der Waals surface area contributed by atoms with Crippen molar-refractivity contribution in [1.29, 1.82) is 0 Å². The van der Waals surface area contributed by atoms with Crippen LogP contribution >= 0.6 is 0 Å². The van der Waals surface area contributed by atoms with Gasteiger partial charge in [-0.3, -0.25) is 14.4 Å². The van der Waals surface area contributed by atoms with Crippen LogP contribution in [0.3, 0.4) is 0 Å². The molecule has 224 valence electrons. The molecule has 3 amide bonds. The molecule has 0 spiro atoms. The zero-order valence-corrected chi connectivity index (χ0v) is 24.8. The molecule has 5 rings (SSSR count). The number of rotatable bonds is 10. The van der Waals surface area contributed by atoms with Gasteiger partial charge in [0.2, 0.25) is 11.8 Å². The lowest BCUT2D eigenvalue weighted by Gasteiger charge is -2.38. The minimum Gasteiger partial charge on any atom is -0.489 e. The van der Waals surface area contributed by atoms with Crippen molar-refractivity contribution in [2.24, 2.45) is 11.8 Å². The number of nitrogens with one attached hydrogen (secondary N) is 2. The summed E-state index contributed by atoms with van der Waals surface area (Å²) in [5, 5.41) is 2.87. The summed E-state index contributed by atoms with van der Waals surface area (Å²) < 4.78 is 34.6. The smallest absolute Gasteiger partial charge is 0.264 e. The van der Waals surface area contributed by atoms with Crippen molar-refractivity contribution in [2.75, 3.05) is 13.1 Å². The first kappa shape index (κ1) is 30.0.